The number of rotatable bonds is 8. The molecule has 2 heterocycles. The van der Waals surface area contributed by atoms with Crippen LogP contribution < -0.4 is 10.1 Å². The van der Waals surface area contributed by atoms with Crippen molar-refractivity contribution in [3.8, 4) is 22.8 Å². The van der Waals surface area contributed by atoms with E-state index in [2.05, 4.69) is 34.0 Å². The Kier molecular flexibility index (Phi) is 7.75. The molecule has 0 saturated carbocycles. The molecule has 1 fully saturated rings. The van der Waals surface area contributed by atoms with Crippen LogP contribution in [-0.2, 0) is 19.4 Å². The third-order valence-corrected chi connectivity index (χ3v) is 6.40. The second-order valence-electron chi connectivity index (χ2n) is 9.12. The molecule has 0 amide bonds. The van der Waals surface area contributed by atoms with Gasteiger partial charge in [0.2, 0.25) is 0 Å². The van der Waals surface area contributed by atoms with E-state index in [0.717, 1.165) is 43.6 Å². The Bertz CT molecular complexity index is 1120. The van der Waals surface area contributed by atoms with Gasteiger partial charge in [0.05, 0.1) is 12.8 Å². The fourth-order valence-corrected chi connectivity index (χ4v) is 4.43. The number of phenolic OH excluding ortho intramolecular Hbond substituents is 1. The fraction of sp³-hybridized carbons (Fsp3) is 0.407. The van der Waals surface area contributed by atoms with E-state index < -0.39 is 0 Å². The number of methoxy groups -OCH3 is 1. The van der Waals surface area contributed by atoms with Crippen molar-refractivity contribution in [1.82, 2.24) is 20.2 Å². The molecule has 0 spiro atoms. The molecule has 0 bridgehead atoms. The Hall–Kier alpha value is -3.03. The quantitative estimate of drug-likeness (QED) is 0.516. The zero-order chi connectivity index (χ0) is 24.1. The molecule has 0 unspecified atom stereocenters. The SMILES string of the molecule is COc1ccc(CCCc2nccc(-c3cc(CN4C[C@H](C)NC[C@@H]4C)ccc3F)n2)cc1O. The third kappa shape index (κ3) is 5.90. The van der Waals surface area contributed by atoms with Crippen molar-refractivity contribution in [1.29, 1.82) is 0 Å². The van der Waals surface area contributed by atoms with Gasteiger partial charge < -0.3 is 15.2 Å². The molecule has 0 aliphatic carbocycles. The first-order chi connectivity index (χ1) is 16.4. The zero-order valence-electron chi connectivity index (χ0n) is 20.1. The van der Waals surface area contributed by atoms with Crippen molar-refractivity contribution in [2.45, 2.75) is 51.7 Å². The van der Waals surface area contributed by atoms with E-state index in [1.54, 1.807) is 30.5 Å². The minimum Gasteiger partial charge on any atom is -0.504 e. The number of hydrogen-bond donors (Lipinski definition) is 2. The van der Waals surface area contributed by atoms with Gasteiger partial charge in [-0.2, -0.15) is 0 Å². The molecule has 1 saturated heterocycles. The number of phenols is 1. The standard InChI is InChI=1S/C27H33FN4O2/c1-18-16-32(19(2)15-30-18)17-21-7-9-23(28)22(13-21)24-11-12-29-27(31-24)6-4-5-20-8-10-26(34-3)25(33)14-20/h7-14,18-19,30,33H,4-6,15-17H2,1-3H3/t18-,19-/m0/s1. The van der Waals surface area contributed by atoms with E-state index in [0.29, 0.717) is 41.3 Å². The first-order valence-electron chi connectivity index (χ1n) is 11.9. The topological polar surface area (TPSA) is 70.5 Å². The summed E-state index contributed by atoms with van der Waals surface area (Å²) in [6.45, 7) is 7.12. The van der Waals surface area contributed by atoms with Crippen LogP contribution in [0, 0.1) is 5.82 Å². The lowest BCUT2D eigenvalue weighted by molar-refractivity contribution is 0.139. The molecule has 1 aliphatic heterocycles. The van der Waals surface area contributed by atoms with E-state index in [1.807, 2.05) is 18.2 Å². The number of piperazine rings is 1. The number of aryl methyl sites for hydroxylation is 2. The zero-order valence-corrected chi connectivity index (χ0v) is 20.1. The summed E-state index contributed by atoms with van der Waals surface area (Å²) in [5, 5.41) is 13.5. The minimum atomic E-state index is -0.274. The van der Waals surface area contributed by atoms with Crippen molar-refractivity contribution < 1.29 is 14.2 Å². The van der Waals surface area contributed by atoms with Gasteiger partial charge in [-0.25, -0.2) is 14.4 Å². The summed E-state index contributed by atoms with van der Waals surface area (Å²) in [4.78, 5) is 11.5. The van der Waals surface area contributed by atoms with Gasteiger partial charge in [-0.3, -0.25) is 4.90 Å². The molecule has 6 nitrogen and oxygen atoms in total. The van der Waals surface area contributed by atoms with Crippen LogP contribution >= 0.6 is 0 Å². The highest BCUT2D eigenvalue weighted by Gasteiger charge is 2.22. The van der Waals surface area contributed by atoms with Crippen molar-refractivity contribution in [3.63, 3.8) is 0 Å². The number of halogens is 1. The first kappa shape index (κ1) is 24.1. The van der Waals surface area contributed by atoms with Crippen molar-refractivity contribution in [3.05, 3.63) is 71.4 Å². The summed E-state index contributed by atoms with van der Waals surface area (Å²) in [6.07, 6.45) is 3.95. The Balaban J connectivity index is 1.43. The molecule has 2 N–H and O–H groups in total. The smallest absolute Gasteiger partial charge is 0.160 e. The number of ether oxygens (including phenoxy) is 1. The van der Waals surface area contributed by atoms with Gasteiger partial charge in [-0.1, -0.05) is 12.1 Å². The number of benzene rings is 2. The summed E-state index contributed by atoms with van der Waals surface area (Å²) < 4.78 is 19.9. The van der Waals surface area contributed by atoms with Crippen LogP contribution in [-0.4, -0.2) is 52.3 Å². The van der Waals surface area contributed by atoms with Gasteiger partial charge in [0.15, 0.2) is 11.5 Å². The van der Waals surface area contributed by atoms with Crippen molar-refractivity contribution >= 4 is 0 Å². The highest BCUT2D eigenvalue weighted by Crippen LogP contribution is 2.27. The first-order valence-corrected chi connectivity index (χ1v) is 11.9. The maximum Gasteiger partial charge on any atom is 0.160 e. The molecule has 2 aromatic carbocycles. The Morgan fingerprint density at radius 1 is 1.12 bits per heavy atom. The van der Waals surface area contributed by atoms with E-state index in [9.17, 15) is 9.50 Å². The summed E-state index contributed by atoms with van der Waals surface area (Å²) in [5.41, 5.74) is 3.21. The number of aromatic hydroxyl groups is 1. The van der Waals surface area contributed by atoms with Crippen LogP contribution in [0.15, 0.2) is 48.7 Å². The average Bonchev–Trinajstić information content (AvgIpc) is 2.83. The third-order valence-electron chi connectivity index (χ3n) is 6.40. The lowest BCUT2D eigenvalue weighted by Gasteiger charge is -2.37. The van der Waals surface area contributed by atoms with Crippen LogP contribution in [0.4, 0.5) is 4.39 Å². The second kappa shape index (κ2) is 10.9. The molecule has 1 aliphatic rings. The van der Waals surface area contributed by atoms with Crippen LogP contribution in [0.25, 0.3) is 11.3 Å². The maximum atomic E-state index is 14.8. The van der Waals surface area contributed by atoms with Crippen molar-refractivity contribution in [2.24, 2.45) is 0 Å². The van der Waals surface area contributed by atoms with Crippen LogP contribution in [0.1, 0.15) is 37.2 Å². The van der Waals surface area contributed by atoms with Gasteiger partial charge in [-0.05, 0) is 68.1 Å². The Morgan fingerprint density at radius 2 is 1.94 bits per heavy atom. The van der Waals surface area contributed by atoms with E-state index in [1.165, 1.54) is 7.11 Å². The molecule has 3 aromatic rings. The fourth-order valence-electron chi connectivity index (χ4n) is 4.43. The lowest BCUT2D eigenvalue weighted by Crippen LogP contribution is -2.53. The second-order valence-corrected chi connectivity index (χ2v) is 9.12. The average molecular weight is 465 g/mol. The molecule has 0 radical (unpaired) electrons. The molecule has 7 heteroatoms. The molecule has 1 aromatic heterocycles. The maximum absolute atomic E-state index is 14.8. The summed E-state index contributed by atoms with van der Waals surface area (Å²) in [6, 6.07) is 13.4. The summed E-state index contributed by atoms with van der Waals surface area (Å²) in [5.74, 6) is 1.01. The van der Waals surface area contributed by atoms with Gasteiger partial charge in [0.25, 0.3) is 0 Å². The van der Waals surface area contributed by atoms with E-state index in [-0.39, 0.29) is 11.6 Å². The van der Waals surface area contributed by atoms with Crippen LogP contribution in [0.3, 0.4) is 0 Å². The highest BCUT2D eigenvalue weighted by atomic mass is 19.1. The largest absolute Gasteiger partial charge is 0.504 e. The molecular weight excluding hydrogens is 431 g/mol. The van der Waals surface area contributed by atoms with Gasteiger partial charge in [0, 0.05) is 49.9 Å². The number of aromatic nitrogens is 2. The van der Waals surface area contributed by atoms with E-state index in [4.69, 9.17) is 4.74 Å². The van der Waals surface area contributed by atoms with Crippen molar-refractivity contribution in [2.75, 3.05) is 20.2 Å². The monoisotopic (exact) mass is 464 g/mol. The Morgan fingerprint density at radius 3 is 2.74 bits per heavy atom. The highest BCUT2D eigenvalue weighted by molar-refractivity contribution is 5.60. The normalized spacial score (nSPS) is 18.7. The van der Waals surface area contributed by atoms with E-state index >= 15 is 0 Å². The Labute approximate surface area is 200 Å². The predicted molar refractivity (Wildman–Crippen MR) is 131 cm³/mol. The van der Waals surface area contributed by atoms with Gasteiger partial charge in [-0.15, -0.1) is 0 Å². The lowest BCUT2D eigenvalue weighted by atomic mass is 10.0. The summed E-state index contributed by atoms with van der Waals surface area (Å²) >= 11 is 0. The number of nitrogens with zero attached hydrogens (tertiary/aromatic N) is 3. The van der Waals surface area contributed by atoms with Crippen LogP contribution in [0.2, 0.25) is 0 Å². The molecular formula is C27H33FN4O2. The molecule has 2 atom stereocenters. The molecule has 4 rings (SSSR count). The predicted octanol–water partition coefficient (Wildman–Crippen LogP) is 4.35. The molecule has 34 heavy (non-hydrogen) atoms. The van der Waals surface area contributed by atoms with Gasteiger partial charge >= 0.3 is 0 Å². The minimum absolute atomic E-state index is 0.137. The van der Waals surface area contributed by atoms with Crippen LogP contribution in [0.5, 0.6) is 11.5 Å². The summed E-state index contributed by atoms with van der Waals surface area (Å²) in [7, 11) is 1.53. The van der Waals surface area contributed by atoms with Gasteiger partial charge in [0.1, 0.15) is 11.6 Å². The molecule has 180 valence electrons. The number of nitrogens with one attached hydrogen (secondary N) is 1. The number of hydrogen-bond acceptors (Lipinski definition) is 6.